The van der Waals surface area contributed by atoms with Crippen molar-refractivity contribution in [3.8, 4) is 0 Å². The molecule has 1 aliphatic heterocycles. The Morgan fingerprint density at radius 3 is 2.58 bits per heavy atom. The zero-order chi connectivity index (χ0) is 14.1. The molecule has 0 atom stereocenters. The predicted molar refractivity (Wildman–Crippen MR) is 75.0 cm³/mol. The molecule has 106 valence electrons. The number of aromatic nitrogens is 1. The van der Waals surface area contributed by atoms with E-state index in [1.54, 1.807) is 12.1 Å². The maximum atomic E-state index is 12.5. The summed E-state index contributed by atoms with van der Waals surface area (Å²) in [6.45, 7) is 5.46. The van der Waals surface area contributed by atoms with Crippen molar-refractivity contribution in [2.75, 3.05) is 18.8 Å². The maximum Gasteiger partial charge on any atom is 0.262 e. The van der Waals surface area contributed by atoms with Crippen LogP contribution in [0.1, 0.15) is 33.1 Å². The highest BCUT2D eigenvalue weighted by Gasteiger charge is 2.35. The number of hydrogen-bond acceptors (Lipinski definition) is 4. The highest BCUT2D eigenvalue weighted by atomic mass is 32.2. The number of pyridine rings is 1. The van der Waals surface area contributed by atoms with Crippen LogP contribution in [0.15, 0.2) is 23.4 Å². The van der Waals surface area contributed by atoms with Crippen LogP contribution >= 0.6 is 0 Å². The molecule has 0 unspecified atom stereocenters. The summed E-state index contributed by atoms with van der Waals surface area (Å²) >= 11 is 0. The number of nitrogens with zero attached hydrogens (tertiary/aromatic N) is 2. The first kappa shape index (κ1) is 14.3. The lowest BCUT2D eigenvalue weighted by Gasteiger charge is -2.38. The van der Waals surface area contributed by atoms with Crippen LogP contribution in [-0.4, -0.2) is 30.8 Å². The van der Waals surface area contributed by atoms with E-state index in [0.29, 0.717) is 13.1 Å². The Labute approximate surface area is 114 Å². The molecule has 1 aromatic rings. The van der Waals surface area contributed by atoms with E-state index in [1.807, 2.05) is 0 Å². The third-order valence-corrected chi connectivity index (χ3v) is 6.04. The topological polar surface area (TPSA) is 76.3 Å². The molecule has 1 aliphatic rings. The number of sulfonamides is 1. The third kappa shape index (κ3) is 2.74. The van der Waals surface area contributed by atoms with E-state index in [9.17, 15) is 8.42 Å². The third-order valence-electron chi connectivity index (χ3n) is 4.17. The number of piperidine rings is 1. The molecule has 0 aromatic carbocycles. The predicted octanol–water partition coefficient (Wildman–Crippen LogP) is 1.86. The Balaban J connectivity index is 2.22. The molecule has 0 spiro atoms. The second-order valence-corrected chi connectivity index (χ2v) is 7.32. The fourth-order valence-corrected chi connectivity index (χ4v) is 3.83. The molecule has 0 saturated carbocycles. The fourth-order valence-electron chi connectivity index (χ4n) is 2.36. The normalized spacial score (nSPS) is 20.3. The van der Waals surface area contributed by atoms with E-state index < -0.39 is 10.0 Å². The fraction of sp³-hybridized carbons (Fsp3) is 0.615. The Morgan fingerprint density at radius 1 is 1.42 bits per heavy atom. The molecule has 1 fully saturated rings. The summed E-state index contributed by atoms with van der Waals surface area (Å²) in [6, 6.07) is 3.21. The zero-order valence-corrected chi connectivity index (χ0v) is 12.3. The van der Waals surface area contributed by atoms with Gasteiger partial charge in [-0.05, 0) is 30.4 Å². The van der Waals surface area contributed by atoms with E-state index in [0.717, 1.165) is 19.3 Å². The van der Waals surface area contributed by atoms with Crippen molar-refractivity contribution >= 4 is 15.7 Å². The minimum atomic E-state index is -3.55. The zero-order valence-electron chi connectivity index (χ0n) is 11.5. The molecule has 2 rings (SSSR count). The molecule has 2 N–H and O–H groups in total. The van der Waals surface area contributed by atoms with Gasteiger partial charge >= 0.3 is 0 Å². The lowest BCUT2D eigenvalue weighted by molar-refractivity contribution is 0.168. The average molecular weight is 283 g/mol. The minimum Gasteiger partial charge on any atom is -0.396 e. The van der Waals surface area contributed by atoms with Crippen LogP contribution in [-0.2, 0) is 10.0 Å². The highest BCUT2D eigenvalue weighted by Crippen LogP contribution is 2.36. The highest BCUT2D eigenvalue weighted by molar-refractivity contribution is 7.89. The van der Waals surface area contributed by atoms with Gasteiger partial charge < -0.3 is 5.73 Å². The SMILES string of the molecule is CCC1(C)CCN(S(=O)(=O)c2ncccc2N)CC1. The van der Waals surface area contributed by atoms with Crippen LogP contribution < -0.4 is 5.73 Å². The standard InChI is InChI=1S/C13H21N3O2S/c1-3-13(2)6-9-16(10-7-13)19(17,18)12-11(14)5-4-8-15-12/h4-5,8H,3,6-7,9-10,14H2,1-2H3. The summed E-state index contributed by atoms with van der Waals surface area (Å²) in [4.78, 5) is 3.93. The number of hydrogen-bond donors (Lipinski definition) is 1. The van der Waals surface area contributed by atoms with Crippen LogP contribution in [0.4, 0.5) is 5.69 Å². The van der Waals surface area contributed by atoms with Gasteiger partial charge in [-0.25, -0.2) is 13.4 Å². The first-order chi connectivity index (χ1) is 8.89. The van der Waals surface area contributed by atoms with Crippen molar-refractivity contribution in [3.05, 3.63) is 18.3 Å². The number of nitrogens with two attached hydrogens (primary N) is 1. The van der Waals surface area contributed by atoms with Crippen LogP contribution in [0.5, 0.6) is 0 Å². The van der Waals surface area contributed by atoms with Crippen molar-refractivity contribution in [3.63, 3.8) is 0 Å². The van der Waals surface area contributed by atoms with E-state index in [2.05, 4.69) is 18.8 Å². The summed E-state index contributed by atoms with van der Waals surface area (Å²) < 4.78 is 26.5. The molecule has 1 saturated heterocycles. The molecule has 6 heteroatoms. The van der Waals surface area contributed by atoms with Gasteiger partial charge in [0, 0.05) is 19.3 Å². The monoisotopic (exact) mass is 283 g/mol. The Morgan fingerprint density at radius 2 is 2.05 bits per heavy atom. The molecule has 0 radical (unpaired) electrons. The largest absolute Gasteiger partial charge is 0.396 e. The van der Waals surface area contributed by atoms with Crippen molar-refractivity contribution < 1.29 is 8.42 Å². The smallest absolute Gasteiger partial charge is 0.262 e. The van der Waals surface area contributed by atoms with Gasteiger partial charge in [0.15, 0.2) is 5.03 Å². The van der Waals surface area contributed by atoms with E-state index in [4.69, 9.17) is 5.73 Å². The lowest BCUT2D eigenvalue weighted by Crippen LogP contribution is -2.42. The second-order valence-electron chi connectivity index (χ2n) is 5.47. The van der Waals surface area contributed by atoms with Gasteiger partial charge in [-0.15, -0.1) is 0 Å². The molecule has 0 bridgehead atoms. The van der Waals surface area contributed by atoms with Crippen molar-refractivity contribution in [1.29, 1.82) is 0 Å². The summed E-state index contributed by atoms with van der Waals surface area (Å²) in [7, 11) is -3.55. The van der Waals surface area contributed by atoms with Crippen molar-refractivity contribution in [1.82, 2.24) is 9.29 Å². The Hall–Kier alpha value is -1.14. The van der Waals surface area contributed by atoms with E-state index >= 15 is 0 Å². The second kappa shape index (κ2) is 5.09. The van der Waals surface area contributed by atoms with Gasteiger partial charge in [0.25, 0.3) is 10.0 Å². The molecular weight excluding hydrogens is 262 g/mol. The van der Waals surface area contributed by atoms with Crippen LogP contribution in [0.25, 0.3) is 0 Å². The molecule has 19 heavy (non-hydrogen) atoms. The maximum absolute atomic E-state index is 12.5. The lowest BCUT2D eigenvalue weighted by atomic mass is 9.79. The number of nitrogen functional groups attached to an aromatic ring is 1. The van der Waals surface area contributed by atoms with Gasteiger partial charge in [-0.2, -0.15) is 4.31 Å². The molecule has 0 aliphatic carbocycles. The molecule has 0 amide bonds. The number of anilines is 1. The first-order valence-electron chi connectivity index (χ1n) is 6.60. The first-order valence-corrected chi connectivity index (χ1v) is 8.04. The summed E-state index contributed by atoms with van der Waals surface area (Å²) in [6.07, 6.45) is 4.31. The minimum absolute atomic E-state index is 0.0184. The van der Waals surface area contributed by atoms with Crippen LogP contribution in [0.2, 0.25) is 0 Å². The van der Waals surface area contributed by atoms with Crippen molar-refractivity contribution in [2.24, 2.45) is 5.41 Å². The molecule has 5 nitrogen and oxygen atoms in total. The van der Waals surface area contributed by atoms with Crippen LogP contribution in [0.3, 0.4) is 0 Å². The van der Waals surface area contributed by atoms with E-state index in [-0.39, 0.29) is 16.1 Å². The van der Waals surface area contributed by atoms with Gasteiger partial charge in [0.2, 0.25) is 0 Å². The summed E-state index contributed by atoms with van der Waals surface area (Å²) in [5.74, 6) is 0. The number of rotatable bonds is 3. The van der Waals surface area contributed by atoms with E-state index in [1.165, 1.54) is 10.5 Å². The summed E-state index contributed by atoms with van der Waals surface area (Å²) in [5.41, 5.74) is 6.19. The Bertz CT molecular complexity index is 549. The Kier molecular flexibility index (Phi) is 3.82. The van der Waals surface area contributed by atoms with Crippen molar-refractivity contribution in [2.45, 2.75) is 38.1 Å². The van der Waals surface area contributed by atoms with Gasteiger partial charge in [-0.1, -0.05) is 20.3 Å². The molecule has 2 heterocycles. The summed E-state index contributed by atoms with van der Waals surface area (Å²) in [5, 5.41) is -0.0184. The quantitative estimate of drug-likeness (QED) is 0.918. The van der Waals surface area contributed by atoms with Gasteiger partial charge in [0.05, 0.1) is 5.69 Å². The average Bonchev–Trinajstić information content (AvgIpc) is 2.39. The van der Waals surface area contributed by atoms with Gasteiger partial charge in [-0.3, -0.25) is 0 Å². The molecule has 1 aromatic heterocycles. The van der Waals surface area contributed by atoms with Crippen LogP contribution in [0, 0.1) is 5.41 Å². The van der Waals surface area contributed by atoms with Gasteiger partial charge in [0.1, 0.15) is 0 Å². The molecular formula is C13H21N3O2S.